The van der Waals surface area contributed by atoms with Gasteiger partial charge in [0.1, 0.15) is 4.90 Å². The SMILES string of the molecule is O=S(=O)(NC1CC(Cn2cccn2)C1)c1cnc2ccsc2c1. The molecular formula is C15H16N4O2S2. The van der Waals surface area contributed by atoms with E-state index in [1.807, 2.05) is 28.4 Å². The number of fused-ring (bicyclic) bond motifs is 1. The Morgan fingerprint density at radius 2 is 2.26 bits per heavy atom. The Morgan fingerprint density at radius 3 is 3.04 bits per heavy atom. The normalized spacial score (nSPS) is 21.4. The van der Waals surface area contributed by atoms with Crippen LogP contribution in [0, 0.1) is 5.92 Å². The molecule has 8 heteroatoms. The van der Waals surface area contributed by atoms with E-state index >= 15 is 0 Å². The lowest BCUT2D eigenvalue weighted by molar-refractivity contribution is 0.213. The van der Waals surface area contributed by atoms with Crippen molar-refractivity contribution in [3.63, 3.8) is 0 Å². The van der Waals surface area contributed by atoms with E-state index in [1.165, 1.54) is 17.5 Å². The van der Waals surface area contributed by atoms with Crippen molar-refractivity contribution in [1.82, 2.24) is 19.5 Å². The third-order valence-electron chi connectivity index (χ3n) is 4.15. The molecular weight excluding hydrogens is 332 g/mol. The largest absolute Gasteiger partial charge is 0.272 e. The van der Waals surface area contributed by atoms with E-state index in [1.54, 1.807) is 12.3 Å². The number of sulfonamides is 1. The third kappa shape index (κ3) is 3.01. The minimum atomic E-state index is -3.50. The molecule has 0 saturated heterocycles. The number of hydrogen-bond donors (Lipinski definition) is 1. The van der Waals surface area contributed by atoms with Gasteiger partial charge in [0.2, 0.25) is 10.0 Å². The Balaban J connectivity index is 1.40. The average molecular weight is 348 g/mol. The molecule has 0 amide bonds. The molecule has 23 heavy (non-hydrogen) atoms. The fourth-order valence-corrected chi connectivity index (χ4v) is 5.00. The minimum Gasteiger partial charge on any atom is -0.272 e. The first-order valence-electron chi connectivity index (χ1n) is 7.43. The van der Waals surface area contributed by atoms with Gasteiger partial charge in [-0.25, -0.2) is 13.1 Å². The van der Waals surface area contributed by atoms with Crippen molar-refractivity contribution in [2.24, 2.45) is 5.92 Å². The highest BCUT2D eigenvalue weighted by Crippen LogP contribution is 2.30. The zero-order valence-electron chi connectivity index (χ0n) is 12.3. The second-order valence-electron chi connectivity index (χ2n) is 5.86. The summed E-state index contributed by atoms with van der Waals surface area (Å²) in [7, 11) is -3.50. The van der Waals surface area contributed by atoms with Gasteiger partial charge in [0.25, 0.3) is 0 Å². The van der Waals surface area contributed by atoms with Gasteiger partial charge in [0, 0.05) is 31.2 Å². The van der Waals surface area contributed by atoms with Gasteiger partial charge in [-0.1, -0.05) is 0 Å². The second-order valence-corrected chi connectivity index (χ2v) is 8.52. The van der Waals surface area contributed by atoms with E-state index in [4.69, 9.17) is 0 Å². The highest BCUT2D eigenvalue weighted by atomic mass is 32.2. The average Bonchev–Trinajstić information content (AvgIpc) is 3.15. The Hall–Kier alpha value is -1.77. The summed E-state index contributed by atoms with van der Waals surface area (Å²) in [6.07, 6.45) is 6.80. The smallest absolute Gasteiger partial charge is 0.242 e. The van der Waals surface area contributed by atoms with Crippen molar-refractivity contribution in [1.29, 1.82) is 0 Å². The van der Waals surface area contributed by atoms with Crippen LogP contribution >= 0.6 is 11.3 Å². The van der Waals surface area contributed by atoms with Crippen LogP contribution in [0.25, 0.3) is 10.2 Å². The summed E-state index contributed by atoms with van der Waals surface area (Å²) in [5.41, 5.74) is 0.830. The molecule has 1 saturated carbocycles. The van der Waals surface area contributed by atoms with Crippen molar-refractivity contribution in [3.8, 4) is 0 Å². The van der Waals surface area contributed by atoms with E-state index in [0.717, 1.165) is 29.6 Å². The first-order chi connectivity index (χ1) is 11.1. The van der Waals surface area contributed by atoms with E-state index in [9.17, 15) is 8.42 Å². The van der Waals surface area contributed by atoms with Crippen LogP contribution in [-0.4, -0.2) is 29.2 Å². The van der Waals surface area contributed by atoms with Gasteiger partial charge in [0.15, 0.2) is 0 Å². The molecule has 3 aromatic rings. The molecule has 120 valence electrons. The van der Waals surface area contributed by atoms with Crippen molar-refractivity contribution in [2.45, 2.75) is 30.3 Å². The van der Waals surface area contributed by atoms with E-state index in [2.05, 4.69) is 14.8 Å². The zero-order chi connectivity index (χ0) is 15.9. The highest BCUT2D eigenvalue weighted by molar-refractivity contribution is 7.89. The number of thiophene rings is 1. The van der Waals surface area contributed by atoms with Crippen LogP contribution in [0.2, 0.25) is 0 Å². The van der Waals surface area contributed by atoms with Crippen molar-refractivity contribution >= 4 is 31.6 Å². The maximum Gasteiger partial charge on any atom is 0.242 e. The van der Waals surface area contributed by atoms with Crippen LogP contribution < -0.4 is 4.72 Å². The van der Waals surface area contributed by atoms with Crippen LogP contribution in [0.1, 0.15) is 12.8 Å². The van der Waals surface area contributed by atoms with Crippen LogP contribution in [0.3, 0.4) is 0 Å². The molecule has 0 aromatic carbocycles. The van der Waals surface area contributed by atoms with Crippen molar-refractivity contribution in [3.05, 3.63) is 42.2 Å². The summed E-state index contributed by atoms with van der Waals surface area (Å²) < 4.78 is 30.5. The van der Waals surface area contributed by atoms with Gasteiger partial charge in [-0.2, -0.15) is 5.10 Å². The number of aromatic nitrogens is 3. The number of pyridine rings is 1. The molecule has 1 aliphatic carbocycles. The van der Waals surface area contributed by atoms with Gasteiger partial charge in [-0.3, -0.25) is 9.67 Å². The van der Waals surface area contributed by atoms with Gasteiger partial charge in [-0.15, -0.1) is 11.3 Å². The molecule has 3 aromatic heterocycles. The molecule has 3 heterocycles. The molecule has 0 unspecified atom stereocenters. The molecule has 0 radical (unpaired) electrons. The van der Waals surface area contributed by atoms with Gasteiger partial charge in [0.05, 0.1) is 10.2 Å². The Morgan fingerprint density at radius 1 is 1.39 bits per heavy atom. The molecule has 4 rings (SSSR count). The topological polar surface area (TPSA) is 76.9 Å². The number of rotatable bonds is 5. The summed E-state index contributed by atoms with van der Waals surface area (Å²) in [5.74, 6) is 0.473. The van der Waals surface area contributed by atoms with Crippen LogP contribution in [0.5, 0.6) is 0 Å². The number of nitrogens with one attached hydrogen (secondary N) is 1. The molecule has 6 nitrogen and oxygen atoms in total. The fraction of sp³-hybridized carbons (Fsp3) is 0.333. The Labute approximate surface area is 138 Å². The van der Waals surface area contributed by atoms with Crippen LogP contribution in [0.4, 0.5) is 0 Å². The van der Waals surface area contributed by atoms with Gasteiger partial charge >= 0.3 is 0 Å². The minimum absolute atomic E-state index is 0.000375. The van der Waals surface area contributed by atoms with Gasteiger partial charge < -0.3 is 0 Å². The summed E-state index contributed by atoms with van der Waals surface area (Å²) in [6, 6.07) is 5.47. The first kappa shape index (κ1) is 14.8. The number of nitrogens with zero attached hydrogens (tertiary/aromatic N) is 3. The molecule has 1 aliphatic rings. The Bertz CT molecular complexity index is 912. The molecule has 1 fully saturated rings. The fourth-order valence-electron chi connectivity index (χ4n) is 2.92. The molecule has 0 atom stereocenters. The van der Waals surface area contributed by atoms with Crippen LogP contribution in [-0.2, 0) is 16.6 Å². The maximum atomic E-state index is 12.5. The maximum absolute atomic E-state index is 12.5. The molecule has 0 bridgehead atoms. The summed E-state index contributed by atoms with van der Waals surface area (Å²) in [6.45, 7) is 0.841. The third-order valence-corrected chi connectivity index (χ3v) is 6.49. The zero-order valence-corrected chi connectivity index (χ0v) is 13.9. The highest BCUT2D eigenvalue weighted by Gasteiger charge is 2.33. The van der Waals surface area contributed by atoms with E-state index < -0.39 is 10.0 Å². The van der Waals surface area contributed by atoms with Crippen molar-refractivity contribution in [2.75, 3.05) is 0 Å². The summed E-state index contributed by atoms with van der Waals surface area (Å²) in [5, 5.41) is 6.09. The standard InChI is InChI=1S/C15H16N4O2S2/c20-23(21,13-8-15-14(16-9-13)2-5-22-15)18-12-6-11(7-12)10-19-4-1-3-17-19/h1-5,8-9,11-12,18H,6-7,10H2. The lowest BCUT2D eigenvalue weighted by Crippen LogP contribution is -2.45. The first-order valence-corrected chi connectivity index (χ1v) is 9.79. The molecule has 0 spiro atoms. The summed E-state index contributed by atoms with van der Waals surface area (Å²) >= 11 is 1.49. The lowest BCUT2D eigenvalue weighted by atomic mass is 9.81. The molecule has 0 aliphatic heterocycles. The Kier molecular flexibility index (Phi) is 3.67. The van der Waals surface area contributed by atoms with E-state index in [0.29, 0.717) is 5.92 Å². The predicted molar refractivity (Wildman–Crippen MR) is 88.7 cm³/mol. The predicted octanol–water partition coefficient (Wildman–Crippen LogP) is 2.25. The van der Waals surface area contributed by atoms with Crippen LogP contribution in [0.15, 0.2) is 47.1 Å². The van der Waals surface area contributed by atoms with E-state index in [-0.39, 0.29) is 10.9 Å². The van der Waals surface area contributed by atoms with Gasteiger partial charge in [-0.05, 0) is 42.3 Å². The summed E-state index contributed by atoms with van der Waals surface area (Å²) in [4.78, 5) is 4.44. The lowest BCUT2D eigenvalue weighted by Gasteiger charge is -2.35. The number of hydrogen-bond acceptors (Lipinski definition) is 5. The quantitative estimate of drug-likeness (QED) is 0.767. The monoisotopic (exact) mass is 348 g/mol. The molecule has 1 N–H and O–H groups in total. The second kappa shape index (κ2) is 5.70. The van der Waals surface area contributed by atoms with Crippen molar-refractivity contribution < 1.29 is 8.42 Å².